The van der Waals surface area contributed by atoms with E-state index in [4.69, 9.17) is 11.6 Å². The van der Waals surface area contributed by atoms with E-state index >= 15 is 4.39 Å². The summed E-state index contributed by atoms with van der Waals surface area (Å²) >= 11 is 5.83. The molecule has 0 saturated carbocycles. The van der Waals surface area contributed by atoms with Gasteiger partial charge in [0.15, 0.2) is 6.17 Å². The van der Waals surface area contributed by atoms with Crippen LogP contribution < -0.4 is 0 Å². The highest BCUT2D eigenvalue weighted by molar-refractivity contribution is 6.30. The van der Waals surface area contributed by atoms with Crippen LogP contribution in [-0.4, -0.2) is 41.1 Å². The summed E-state index contributed by atoms with van der Waals surface area (Å²) in [6.07, 6.45) is 0.823. The number of alkyl halides is 1. The average molecular weight is 337 g/mol. The summed E-state index contributed by atoms with van der Waals surface area (Å²) in [5, 5.41) is 24.2. The van der Waals surface area contributed by atoms with Gasteiger partial charge in [0, 0.05) is 17.9 Å². The Morgan fingerprint density at radius 3 is 2.00 bits per heavy atom. The monoisotopic (exact) mass is 336 g/mol. The molecular weight excluding hydrogens is 323 g/mol. The standard InChI is InChI=1S/C14H14ClFN6O/c15-10-3-1-9(2-4-10)13(16)14(23,5-11-17-7-19-21-11)6-12-18-8-20-22-12/h1-4,7-8,13,23H,5-6H2,(H,17,19,21)(H,18,20,22). The molecule has 0 radical (unpaired) electrons. The molecule has 0 spiro atoms. The van der Waals surface area contributed by atoms with Gasteiger partial charge in [-0.15, -0.1) is 0 Å². The summed E-state index contributed by atoms with van der Waals surface area (Å²) in [7, 11) is 0. The maximum atomic E-state index is 15.1. The molecule has 1 unspecified atom stereocenters. The van der Waals surface area contributed by atoms with E-state index in [1.54, 1.807) is 24.3 Å². The fourth-order valence-electron chi connectivity index (χ4n) is 2.40. The lowest BCUT2D eigenvalue weighted by Gasteiger charge is -2.30. The van der Waals surface area contributed by atoms with Gasteiger partial charge in [-0.05, 0) is 17.7 Å². The molecule has 1 aromatic carbocycles. The number of hydrogen-bond acceptors (Lipinski definition) is 5. The Kier molecular flexibility index (Phi) is 4.35. The average Bonchev–Trinajstić information content (AvgIpc) is 3.21. The second-order valence-electron chi connectivity index (χ2n) is 5.24. The number of rotatable bonds is 6. The number of nitrogens with zero attached hydrogens (tertiary/aromatic N) is 4. The molecule has 3 rings (SSSR count). The first kappa shape index (κ1) is 15.6. The van der Waals surface area contributed by atoms with E-state index in [0.717, 1.165) is 0 Å². The molecule has 0 bridgehead atoms. The second-order valence-corrected chi connectivity index (χ2v) is 5.67. The van der Waals surface area contributed by atoms with Gasteiger partial charge in [0.25, 0.3) is 0 Å². The first-order chi connectivity index (χ1) is 11.1. The summed E-state index contributed by atoms with van der Waals surface area (Å²) in [6, 6.07) is 6.23. The van der Waals surface area contributed by atoms with Crippen molar-refractivity contribution in [1.82, 2.24) is 30.4 Å². The minimum absolute atomic E-state index is 0.0580. The van der Waals surface area contributed by atoms with Crippen LogP contribution in [0.5, 0.6) is 0 Å². The molecule has 1 atom stereocenters. The van der Waals surface area contributed by atoms with Crippen molar-refractivity contribution in [3.05, 3.63) is 59.2 Å². The van der Waals surface area contributed by atoms with Crippen LogP contribution in [0, 0.1) is 0 Å². The Bertz CT molecular complexity index is 695. The zero-order chi connectivity index (χ0) is 16.3. The Balaban J connectivity index is 1.91. The molecule has 0 aliphatic carbocycles. The highest BCUT2D eigenvalue weighted by Crippen LogP contribution is 2.35. The van der Waals surface area contributed by atoms with Crippen molar-refractivity contribution in [3.8, 4) is 0 Å². The number of nitrogens with one attached hydrogen (secondary N) is 2. The lowest BCUT2D eigenvalue weighted by molar-refractivity contribution is -0.0393. The van der Waals surface area contributed by atoms with Crippen LogP contribution in [0.2, 0.25) is 5.02 Å². The summed E-state index contributed by atoms with van der Waals surface area (Å²) < 4.78 is 15.1. The molecule has 2 heterocycles. The van der Waals surface area contributed by atoms with Crippen LogP contribution in [0.3, 0.4) is 0 Å². The van der Waals surface area contributed by atoms with E-state index in [-0.39, 0.29) is 12.8 Å². The third-order valence-corrected chi connectivity index (χ3v) is 3.76. The van der Waals surface area contributed by atoms with Gasteiger partial charge in [-0.25, -0.2) is 14.4 Å². The number of H-pyrrole nitrogens is 2. The molecular formula is C14H14ClFN6O. The Labute approximate surface area is 136 Å². The quantitative estimate of drug-likeness (QED) is 0.637. The fraction of sp³-hybridized carbons (Fsp3) is 0.286. The van der Waals surface area contributed by atoms with Gasteiger partial charge >= 0.3 is 0 Å². The van der Waals surface area contributed by atoms with Gasteiger partial charge in [-0.3, -0.25) is 10.2 Å². The van der Waals surface area contributed by atoms with Crippen LogP contribution >= 0.6 is 11.6 Å². The van der Waals surface area contributed by atoms with Crippen LogP contribution in [0.1, 0.15) is 23.4 Å². The highest BCUT2D eigenvalue weighted by atomic mass is 35.5. The molecule has 3 aromatic rings. The van der Waals surface area contributed by atoms with E-state index in [9.17, 15) is 5.11 Å². The lowest BCUT2D eigenvalue weighted by atomic mass is 9.85. The largest absolute Gasteiger partial charge is 0.386 e. The van der Waals surface area contributed by atoms with Crippen molar-refractivity contribution in [3.63, 3.8) is 0 Å². The number of halogens is 2. The molecule has 3 N–H and O–H groups in total. The van der Waals surface area contributed by atoms with Gasteiger partial charge in [0.1, 0.15) is 29.9 Å². The van der Waals surface area contributed by atoms with Crippen molar-refractivity contribution in [2.24, 2.45) is 0 Å². The molecule has 2 aromatic heterocycles. The first-order valence-corrected chi connectivity index (χ1v) is 7.25. The molecule has 0 amide bonds. The van der Waals surface area contributed by atoms with Crippen molar-refractivity contribution < 1.29 is 9.50 Å². The van der Waals surface area contributed by atoms with Crippen LogP contribution in [0.25, 0.3) is 0 Å². The Morgan fingerprint density at radius 1 is 1.04 bits per heavy atom. The zero-order valence-electron chi connectivity index (χ0n) is 11.9. The minimum atomic E-state index is -1.77. The maximum Gasteiger partial charge on any atom is 0.155 e. The van der Waals surface area contributed by atoms with Gasteiger partial charge in [0.05, 0.1) is 0 Å². The predicted octanol–water partition coefficient (Wildman–Crippen LogP) is 1.80. The summed E-state index contributed by atoms with van der Waals surface area (Å²) in [6.45, 7) is 0. The first-order valence-electron chi connectivity index (χ1n) is 6.87. The molecule has 23 heavy (non-hydrogen) atoms. The summed E-state index contributed by atoms with van der Waals surface area (Å²) in [4.78, 5) is 7.92. The minimum Gasteiger partial charge on any atom is -0.386 e. The molecule has 0 aliphatic heterocycles. The molecule has 0 aliphatic rings. The third kappa shape index (κ3) is 3.54. The van der Waals surface area contributed by atoms with Crippen LogP contribution in [0.4, 0.5) is 4.39 Å². The number of aromatic amines is 2. The highest BCUT2D eigenvalue weighted by Gasteiger charge is 2.40. The van der Waals surface area contributed by atoms with Gasteiger partial charge in [-0.2, -0.15) is 10.2 Å². The molecule has 0 saturated heterocycles. The topological polar surface area (TPSA) is 103 Å². The van der Waals surface area contributed by atoms with Crippen molar-refractivity contribution in [2.75, 3.05) is 0 Å². The number of hydrogen-bond donors (Lipinski definition) is 3. The third-order valence-electron chi connectivity index (χ3n) is 3.51. The maximum absolute atomic E-state index is 15.1. The Morgan fingerprint density at radius 2 is 1.57 bits per heavy atom. The SMILES string of the molecule is OC(Cc1ncn[nH]1)(Cc1ncn[nH]1)C(F)c1ccc(Cl)cc1. The van der Waals surface area contributed by atoms with E-state index in [0.29, 0.717) is 22.2 Å². The summed E-state index contributed by atoms with van der Waals surface area (Å²) in [5.41, 5.74) is -1.46. The number of aromatic nitrogens is 6. The normalized spacial score (nSPS) is 13.2. The molecule has 9 heteroatoms. The van der Waals surface area contributed by atoms with Gasteiger partial charge in [-0.1, -0.05) is 23.7 Å². The molecule has 120 valence electrons. The van der Waals surface area contributed by atoms with Crippen LogP contribution in [-0.2, 0) is 12.8 Å². The van der Waals surface area contributed by atoms with Crippen LogP contribution in [0.15, 0.2) is 36.9 Å². The van der Waals surface area contributed by atoms with Crippen molar-refractivity contribution >= 4 is 11.6 Å². The van der Waals surface area contributed by atoms with E-state index in [2.05, 4.69) is 30.4 Å². The number of benzene rings is 1. The fourth-order valence-corrected chi connectivity index (χ4v) is 2.52. The molecule has 0 fully saturated rings. The smallest absolute Gasteiger partial charge is 0.155 e. The zero-order valence-corrected chi connectivity index (χ0v) is 12.7. The van der Waals surface area contributed by atoms with Crippen molar-refractivity contribution in [1.29, 1.82) is 0 Å². The Hall–Kier alpha value is -2.32. The molecule has 7 nitrogen and oxygen atoms in total. The van der Waals surface area contributed by atoms with E-state index in [1.165, 1.54) is 12.7 Å². The van der Waals surface area contributed by atoms with Gasteiger partial charge < -0.3 is 5.11 Å². The number of aliphatic hydroxyl groups is 1. The lowest BCUT2D eigenvalue weighted by Crippen LogP contribution is -2.40. The van der Waals surface area contributed by atoms with E-state index in [1.807, 2.05) is 0 Å². The second kappa shape index (κ2) is 6.43. The van der Waals surface area contributed by atoms with Gasteiger partial charge in [0.2, 0.25) is 0 Å². The van der Waals surface area contributed by atoms with E-state index < -0.39 is 11.8 Å². The predicted molar refractivity (Wildman–Crippen MR) is 80.4 cm³/mol. The summed E-state index contributed by atoms with van der Waals surface area (Å²) in [5.74, 6) is 0.757. The van der Waals surface area contributed by atoms with Crippen molar-refractivity contribution in [2.45, 2.75) is 24.6 Å².